The third-order valence-electron chi connectivity index (χ3n) is 5.54. The standard InChI is InChI=1S/C27H22N2O4/c1-16-11-17(2)19(4)26(18(16)3)25(30)15-32-27(31)20-5-8-23(9-6-20)33-24-10-7-21(13-28)22(12-24)14-29/h5-12H,15H2,1-4H3. The molecule has 0 amide bonds. The number of nitriles is 2. The Labute approximate surface area is 192 Å². The summed E-state index contributed by atoms with van der Waals surface area (Å²) in [6.45, 7) is 7.34. The van der Waals surface area contributed by atoms with Crippen LogP contribution in [0.4, 0.5) is 0 Å². The highest BCUT2D eigenvalue weighted by atomic mass is 16.5. The van der Waals surface area contributed by atoms with Crippen LogP contribution >= 0.6 is 0 Å². The van der Waals surface area contributed by atoms with E-state index in [-0.39, 0.29) is 29.1 Å². The Morgan fingerprint density at radius 3 is 1.94 bits per heavy atom. The van der Waals surface area contributed by atoms with Crippen LogP contribution in [0, 0.1) is 50.4 Å². The number of carbonyl (C=O) groups excluding carboxylic acids is 2. The summed E-state index contributed by atoms with van der Waals surface area (Å²) in [5.74, 6) is -0.0118. The first-order valence-electron chi connectivity index (χ1n) is 10.2. The van der Waals surface area contributed by atoms with Crippen molar-refractivity contribution in [1.82, 2.24) is 0 Å². The Bertz CT molecular complexity index is 1300. The largest absolute Gasteiger partial charge is 0.457 e. The minimum atomic E-state index is -0.611. The van der Waals surface area contributed by atoms with E-state index >= 15 is 0 Å². The first-order valence-corrected chi connectivity index (χ1v) is 10.2. The van der Waals surface area contributed by atoms with Crippen molar-refractivity contribution in [3.05, 3.63) is 93.0 Å². The summed E-state index contributed by atoms with van der Waals surface area (Å²) in [6, 6.07) is 16.7. The Hall–Kier alpha value is -4.42. The number of hydrogen-bond acceptors (Lipinski definition) is 6. The molecule has 0 aromatic heterocycles. The molecule has 0 aliphatic heterocycles. The summed E-state index contributed by atoms with van der Waals surface area (Å²) >= 11 is 0. The molecule has 0 aliphatic carbocycles. The molecule has 33 heavy (non-hydrogen) atoms. The van der Waals surface area contributed by atoms with E-state index in [4.69, 9.17) is 20.0 Å². The fraction of sp³-hybridized carbons (Fsp3) is 0.185. The molecule has 0 saturated heterocycles. The monoisotopic (exact) mass is 438 g/mol. The molecule has 3 aromatic carbocycles. The van der Waals surface area contributed by atoms with Gasteiger partial charge in [0.1, 0.15) is 23.6 Å². The third kappa shape index (κ3) is 5.08. The van der Waals surface area contributed by atoms with Crippen molar-refractivity contribution in [2.45, 2.75) is 27.7 Å². The van der Waals surface area contributed by atoms with Crippen molar-refractivity contribution in [1.29, 1.82) is 10.5 Å². The zero-order valence-corrected chi connectivity index (χ0v) is 18.9. The molecular weight excluding hydrogens is 416 g/mol. The van der Waals surface area contributed by atoms with E-state index in [2.05, 4.69) is 0 Å². The fourth-order valence-electron chi connectivity index (χ4n) is 3.49. The van der Waals surface area contributed by atoms with E-state index in [1.165, 1.54) is 24.3 Å². The summed E-state index contributed by atoms with van der Waals surface area (Å²) in [4.78, 5) is 25.2. The predicted octanol–water partition coefficient (Wildman–Crippen LogP) is 5.50. The van der Waals surface area contributed by atoms with Gasteiger partial charge in [-0.15, -0.1) is 0 Å². The van der Waals surface area contributed by atoms with Crippen LogP contribution in [0.5, 0.6) is 11.5 Å². The van der Waals surface area contributed by atoms with Gasteiger partial charge in [-0.05, 0) is 92.4 Å². The van der Waals surface area contributed by atoms with Crippen molar-refractivity contribution < 1.29 is 19.1 Å². The topological polar surface area (TPSA) is 100 Å². The van der Waals surface area contributed by atoms with E-state index < -0.39 is 5.97 Å². The van der Waals surface area contributed by atoms with Gasteiger partial charge in [0.25, 0.3) is 0 Å². The second-order valence-electron chi connectivity index (χ2n) is 7.69. The number of ketones is 1. The van der Waals surface area contributed by atoms with Crippen molar-refractivity contribution in [2.24, 2.45) is 0 Å². The Morgan fingerprint density at radius 1 is 0.788 bits per heavy atom. The third-order valence-corrected chi connectivity index (χ3v) is 5.54. The number of aryl methyl sites for hydroxylation is 2. The molecule has 0 heterocycles. The molecule has 0 bridgehead atoms. The van der Waals surface area contributed by atoms with Gasteiger partial charge in [-0.25, -0.2) is 4.79 Å². The van der Waals surface area contributed by atoms with Gasteiger partial charge in [0.2, 0.25) is 5.78 Å². The van der Waals surface area contributed by atoms with Crippen LogP contribution in [0.15, 0.2) is 48.5 Å². The molecule has 0 unspecified atom stereocenters. The lowest BCUT2D eigenvalue weighted by Crippen LogP contribution is -2.17. The van der Waals surface area contributed by atoms with Gasteiger partial charge < -0.3 is 9.47 Å². The van der Waals surface area contributed by atoms with Crippen LogP contribution in [0.25, 0.3) is 0 Å². The minimum Gasteiger partial charge on any atom is -0.457 e. The molecule has 0 saturated carbocycles. The second kappa shape index (κ2) is 9.80. The van der Waals surface area contributed by atoms with E-state index in [0.717, 1.165) is 22.3 Å². The molecular formula is C27H22N2O4. The number of Topliss-reactive ketones (excluding diaryl/α,β-unsaturated/α-hetero) is 1. The fourth-order valence-corrected chi connectivity index (χ4v) is 3.49. The predicted molar refractivity (Wildman–Crippen MR) is 122 cm³/mol. The van der Waals surface area contributed by atoms with Crippen LogP contribution in [-0.2, 0) is 4.74 Å². The molecule has 0 fully saturated rings. The van der Waals surface area contributed by atoms with E-state index in [9.17, 15) is 9.59 Å². The van der Waals surface area contributed by atoms with E-state index in [0.29, 0.717) is 17.1 Å². The van der Waals surface area contributed by atoms with Gasteiger partial charge in [0.15, 0.2) is 6.61 Å². The average molecular weight is 438 g/mol. The Kier molecular flexibility index (Phi) is 6.91. The van der Waals surface area contributed by atoms with Gasteiger partial charge in [-0.2, -0.15) is 10.5 Å². The summed E-state index contributed by atoms with van der Waals surface area (Å²) in [5.41, 5.74) is 5.19. The highest BCUT2D eigenvalue weighted by Crippen LogP contribution is 2.25. The van der Waals surface area contributed by atoms with Gasteiger partial charge in [0, 0.05) is 5.56 Å². The van der Waals surface area contributed by atoms with Gasteiger partial charge in [-0.3, -0.25) is 4.79 Å². The summed E-state index contributed by atoms with van der Waals surface area (Å²) in [7, 11) is 0. The highest BCUT2D eigenvalue weighted by molar-refractivity contribution is 6.02. The van der Waals surface area contributed by atoms with Crippen LogP contribution in [0.1, 0.15) is 54.1 Å². The van der Waals surface area contributed by atoms with Crippen molar-refractivity contribution in [2.75, 3.05) is 6.61 Å². The maximum atomic E-state index is 12.7. The van der Waals surface area contributed by atoms with Gasteiger partial charge in [-0.1, -0.05) is 6.07 Å². The summed E-state index contributed by atoms with van der Waals surface area (Å²) in [5, 5.41) is 18.1. The minimum absolute atomic E-state index is 0.217. The van der Waals surface area contributed by atoms with Crippen LogP contribution in [-0.4, -0.2) is 18.4 Å². The lowest BCUT2D eigenvalue weighted by molar-refractivity contribution is 0.0474. The van der Waals surface area contributed by atoms with E-state index in [1.807, 2.05) is 45.9 Å². The quantitative estimate of drug-likeness (QED) is 0.372. The van der Waals surface area contributed by atoms with Crippen molar-refractivity contribution in [3.63, 3.8) is 0 Å². The molecule has 0 aliphatic rings. The maximum Gasteiger partial charge on any atom is 0.338 e. The lowest BCUT2D eigenvalue weighted by atomic mass is 9.92. The number of rotatable bonds is 6. The molecule has 3 aromatic rings. The Morgan fingerprint density at radius 2 is 1.36 bits per heavy atom. The first-order chi connectivity index (χ1) is 15.7. The molecule has 0 N–H and O–H groups in total. The zero-order valence-electron chi connectivity index (χ0n) is 18.9. The second-order valence-corrected chi connectivity index (χ2v) is 7.69. The van der Waals surface area contributed by atoms with Crippen LogP contribution in [0.2, 0.25) is 0 Å². The van der Waals surface area contributed by atoms with Gasteiger partial charge in [0.05, 0.1) is 16.7 Å². The van der Waals surface area contributed by atoms with Crippen LogP contribution < -0.4 is 4.74 Å². The first kappa shape index (κ1) is 23.2. The molecule has 0 atom stereocenters. The normalized spacial score (nSPS) is 10.1. The number of benzene rings is 3. The summed E-state index contributed by atoms with van der Waals surface area (Å²) < 4.78 is 10.9. The number of hydrogen-bond donors (Lipinski definition) is 0. The van der Waals surface area contributed by atoms with Crippen molar-refractivity contribution in [3.8, 4) is 23.6 Å². The number of ether oxygens (including phenoxy) is 2. The van der Waals surface area contributed by atoms with Crippen LogP contribution in [0.3, 0.4) is 0 Å². The summed E-state index contributed by atoms with van der Waals surface area (Å²) in [6.07, 6.45) is 0. The zero-order chi connectivity index (χ0) is 24.1. The average Bonchev–Trinajstić information content (AvgIpc) is 2.81. The molecule has 3 rings (SSSR count). The Balaban J connectivity index is 1.66. The SMILES string of the molecule is Cc1cc(C)c(C)c(C(=O)COC(=O)c2ccc(Oc3ccc(C#N)c(C#N)c3)cc2)c1C. The molecule has 164 valence electrons. The highest BCUT2D eigenvalue weighted by Gasteiger charge is 2.18. The molecule has 0 radical (unpaired) electrons. The number of esters is 1. The molecule has 6 heteroatoms. The molecule has 6 nitrogen and oxygen atoms in total. The smallest absolute Gasteiger partial charge is 0.338 e. The van der Waals surface area contributed by atoms with Crippen molar-refractivity contribution >= 4 is 11.8 Å². The number of carbonyl (C=O) groups is 2. The van der Waals surface area contributed by atoms with Gasteiger partial charge >= 0.3 is 5.97 Å². The maximum absolute atomic E-state index is 12.7. The number of nitrogens with zero attached hydrogens (tertiary/aromatic N) is 2. The van der Waals surface area contributed by atoms with E-state index in [1.54, 1.807) is 18.2 Å². The lowest BCUT2D eigenvalue weighted by Gasteiger charge is -2.14. The molecule has 0 spiro atoms.